The monoisotopic (exact) mass is 205 g/mol. The lowest BCUT2D eigenvalue weighted by Crippen LogP contribution is -2.36. The van der Waals surface area contributed by atoms with Crippen LogP contribution in [0.4, 0.5) is 0 Å². The van der Waals surface area contributed by atoms with Crippen molar-refractivity contribution >= 4 is 11.9 Å². The van der Waals surface area contributed by atoms with Gasteiger partial charge in [0, 0.05) is 5.56 Å². The summed E-state index contributed by atoms with van der Waals surface area (Å²) in [6, 6.07) is 9.67. The smallest absolute Gasteiger partial charge is 0.386 e. The molecule has 1 heterocycles. The number of hydrogen-bond acceptors (Lipinski definition) is 3. The van der Waals surface area contributed by atoms with Crippen LogP contribution in [0.15, 0.2) is 30.3 Å². The zero-order chi connectivity index (χ0) is 10.7. The van der Waals surface area contributed by atoms with Crippen molar-refractivity contribution in [3.05, 3.63) is 35.9 Å². The summed E-state index contributed by atoms with van der Waals surface area (Å²) in [6.07, 6.45) is 0. The number of hydrogen-bond donors (Lipinski definition) is 0. The molecule has 0 saturated carbocycles. The van der Waals surface area contributed by atoms with E-state index in [4.69, 9.17) is 4.74 Å². The van der Waals surface area contributed by atoms with Gasteiger partial charge in [0.05, 0.1) is 0 Å². The Balaban J connectivity index is 2.18. The molecule has 0 aromatic heterocycles. The summed E-state index contributed by atoms with van der Waals surface area (Å²) in [4.78, 5) is 10.7. The third kappa shape index (κ3) is 2.15. The fourth-order valence-electron chi connectivity index (χ4n) is 1.59. The Morgan fingerprint density at radius 3 is 2.80 bits per heavy atom. The first-order valence-corrected chi connectivity index (χ1v) is 4.77. The Bertz CT molecular complexity index is 398. The zero-order valence-electron chi connectivity index (χ0n) is 8.18. The van der Waals surface area contributed by atoms with Gasteiger partial charge in [0.15, 0.2) is 25.7 Å². The second-order valence-corrected chi connectivity index (χ2v) is 3.35. The molecule has 4 nitrogen and oxygen atoms in total. The molecule has 0 spiro atoms. The van der Waals surface area contributed by atoms with E-state index in [2.05, 4.69) is 0 Å². The van der Waals surface area contributed by atoms with Gasteiger partial charge in [-0.2, -0.15) is 4.58 Å². The van der Waals surface area contributed by atoms with Crippen molar-refractivity contribution in [3.63, 3.8) is 0 Å². The second-order valence-electron chi connectivity index (χ2n) is 3.35. The number of benzene rings is 1. The van der Waals surface area contributed by atoms with E-state index < -0.39 is 5.97 Å². The van der Waals surface area contributed by atoms with Crippen LogP contribution >= 0.6 is 0 Å². The Hall–Kier alpha value is -1.84. The van der Waals surface area contributed by atoms with Gasteiger partial charge >= 0.3 is 5.90 Å². The molecule has 0 fully saturated rings. The van der Waals surface area contributed by atoms with Crippen LogP contribution in [-0.4, -0.2) is 29.6 Å². The summed E-state index contributed by atoms with van der Waals surface area (Å²) in [7, 11) is 0. The fourth-order valence-corrected chi connectivity index (χ4v) is 1.59. The van der Waals surface area contributed by atoms with Crippen molar-refractivity contribution in [2.24, 2.45) is 0 Å². The molecule has 0 atom stereocenters. The Morgan fingerprint density at radius 1 is 1.40 bits per heavy atom. The van der Waals surface area contributed by atoms with E-state index in [1.165, 1.54) is 0 Å². The molecular formula is C11H11NO3. The number of carbonyl (C=O) groups excluding carboxylic acids is 1. The molecule has 0 radical (unpaired) electrons. The highest BCUT2D eigenvalue weighted by molar-refractivity contribution is 6.28. The van der Waals surface area contributed by atoms with Crippen molar-refractivity contribution in [2.75, 3.05) is 13.2 Å². The molecular weight excluding hydrogens is 194 g/mol. The molecule has 78 valence electrons. The quantitative estimate of drug-likeness (QED) is 0.618. The summed E-state index contributed by atoms with van der Waals surface area (Å²) < 4.78 is 6.65. The maximum absolute atomic E-state index is 10.7. The molecule has 1 aliphatic rings. The van der Waals surface area contributed by atoms with E-state index in [9.17, 15) is 9.90 Å². The van der Waals surface area contributed by atoms with Gasteiger partial charge in [-0.05, 0) is 0 Å². The summed E-state index contributed by atoms with van der Waals surface area (Å²) >= 11 is 0. The largest absolute Gasteiger partial charge is 0.537 e. The van der Waals surface area contributed by atoms with Gasteiger partial charge in [0.25, 0.3) is 0 Å². The van der Waals surface area contributed by atoms with Crippen LogP contribution in [-0.2, 0) is 16.1 Å². The molecule has 0 N–H and O–H groups in total. The van der Waals surface area contributed by atoms with E-state index in [1.807, 2.05) is 30.3 Å². The lowest BCUT2D eigenvalue weighted by atomic mass is 10.2. The van der Waals surface area contributed by atoms with E-state index in [0.717, 1.165) is 5.56 Å². The third-order valence-corrected chi connectivity index (χ3v) is 2.28. The first-order valence-electron chi connectivity index (χ1n) is 4.77. The number of aliphatic carboxylic acids is 1. The van der Waals surface area contributed by atoms with Crippen LogP contribution in [0.5, 0.6) is 0 Å². The SMILES string of the molecule is O=C([O-])C1=[N+](Cc2ccccc2)CCO1. The van der Waals surface area contributed by atoms with Crippen LogP contribution in [0.25, 0.3) is 0 Å². The highest BCUT2D eigenvalue weighted by Crippen LogP contribution is 2.04. The van der Waals surface area contributed by atoms with Crippen LogP contribution in [0, 0.1) is 0 Å². The van der Waals surface area contributed by atoms with Crippen molar-refractivity contribution in [1.29, 1.82) is 0 Å². The van der Waals surface area contributed by atoms with E-state index in [0.29, 0.717) is 19.7 Å². The predicted octanol–water partition coefficient (Wildman–Crippen LogP) is -0.622. The van der Waals surface area contributed by atoms with Gasteiger partial charge < -0.3 is 14.6 Å². The standard InChI is InChI=1S/C11H11NO3/c13-11(14)10-12(6-7-15-10)8-9-4-2-1-3-5-9/h1-5H,6-8H2. The summed E-state index contributed by atoms with van der Waals surface area (Å²) in [6.45, 7) is 1.55. The number of ether oxygens (including phenoxy) is 1. The van der Waals surface area contributed by atoms with Crippen LogP contribution in [0.2, 0.25) is 0 Å². The van der Waals surface area contributed by atoms with Crippen molar-refractivity contribution < 1.29 is 19.2 Å². The Labute approximate surface area is 87.4 Å². The lowest BCUT2D eigenvalue weighted by Gasteiger charge is -2.00. The Morgan fingerprint density at radius 2 is 2.13 bits per heavy atom. The molecule has 0 amide bonds. The first-order chi connectivity index (χ1) is 7.27. The zero-order valence-corrected chi connectivity index (χ0v) is 8.18. The molecule has 2 rings (SSSR count). The number of carbonyl (C=O) groups is 1. The third-order valence-electron chi connectivity index (χ3n) is 2.28. The molecule has 4 heteroatoms. The minimum atomic E-state index is -1.25. The molecule has 0 bridgehead atoms. The van der Waals surface area contributed by atoms with Gasteiger partial charge in [0.1, 0.15) is 0 Å². The number of carboxylic acid groups (broad SMARTS) is 1. The normalized spacial score (nSPS) is 15.2. The van der Waals surface area contributed by atoms with Gasteiger partial charge in [-0.25, -0.2) is 0 Å². The summed E-state index contributed by atoms with van der Waals surface area (Å²) in [5, 5.41) is 10.7. The minimum absolute atomic E-state index is 0.0566. The van der Waals surface area contributed by atoms with E-state index in [1.54, 1.807) is 4.58 Å². The van der Waals surface area contributed by atoms with Gasteiger partial charge in [-0.15, -0.1) is 0 Å². The Kier molecular flexibility index (Phi) is 2.67. The van der Waals surface area contributed by atoms with Crippen LogP contribution in [0.3, 0.4) is 0 Å². The topological polar surface area (TPSA) is 52.4 Å². The average molecular weight is 205 g/mol. The number of rotatable bonds is 3. The molecule has 1 aromatic carbocycles. The predicted molar refractivity (Wildman–Crippen MR) is 51.2 cm³/mol. The summed E-state index contributed by atoms with van der Waals surface area (Å²) in [5.41, 5.74) is 1.06. The number of nitrogens with zero attached hydrogens (tertiary/aromatic N) is 1. The maximum Gasteiger partial charge on any atom is 0.386 e. The fraction of sp³-hybridized carbons (Fsp3) is 0.273. The highest BCUT2D eigenvalue weighted by atomic mass is 16.5. The van der Waals surface area contributed by atoms with Crippen molar-refractivity contribution in [1.82, 2.24) is 0 Å². The van der Waals surface area contributed by atoms with E-state index in [-0.39, 0.29) is 5.90 Å². The highest BCUT2D eigenvalue weighted by Gasteiger charge is 2.24. The van der Waals surface area contributed by atoms with Gasteiger partial charge in [-0.1, -0.05) is 30.3 Å². The maximum atomic E-state index is 10.7. The number of carboxylic acids is 1. The second kappa shape index (κ2) is 4.13. The summed E-state index contributed by atoms with van der Waals surface area (Å²) in [5.74, 6) is -1.30. The molecule has 0 unspecified atom stereocenters. The molecule has 1 aromatic rings. The molecule has 0 aliphatic carbocycles. The van der Waals surface area contributed by atoms with Crippen molar-refractivity contribution in [3.8, 4) is 0 Å². The first kappa shape index (κ1) is 9.71. The van der Waals surface area contributed by atoms with E-state index >= 15 is 0 Å². The van der Waals surface area contributed by atoms with Crippen molar-refractivity contribution in [2.45, 2.75) is 6.54 Å². The van der Waals surface area contributed by atoms with Crippen LogP contribution < -0.4 is 5.11 Å². The average Bonchev–Trinajstić information content (AvgIpc) is 2.67. The molecule has 1 aliphatic heterocycles. The minimum Gasteiger partial charge on any atom is -0.537 e. The van der Waals surface area contributed by atoms with Gasteiger partial charge in [-0.3, -0.25) is 0 Å². The molecule has 15 heavy (non-hydrogen) atoms. The lowest BCUT2D eigenvalue weighted by molar-refractivity contribution is -0.535. The van der Waals surface area contributed by atoms with Gasteiger partial charge in [0.2, 0.25) is 0 Å². The molecule has 0 saturated heterocycles. The van der Waals surface area contributed by atoms with Crippen LogP contribution in [0.1, 0.15) is 5.56 Å².